The molecule has 2 aromatic carbocycles. The van der Waals surface area contributed by atoms with Gasteiger partial charge in [-0.2, -0.15) is 12.7 Å². The van der Waals surface area contributed by atoms with Gasteiger partial charge >= 0.3 is 10.2 Å². The molecule has 7 nitrogen and oxygen atoms in total. The zero-order valence-electron chi connectivity index (χ0n) is 18.0. The van der Waals surface area contributed by atoms with Crippen molar-refractivity contribution in [1.29, 1.82) is 0 Å². The average Bonchev–Trinajstić information content (AvgIpc) is 2.66. The minimum atomic E-state index is -3.84. The van der Waals surface area contributed by atoms with Crippen LogP contribution in [0, 0.1) is 6.92 Å². The van der Waals surface area contributed by atoms with Crippen molar-refractivity contribution in [3.63, 3.8) is 0 Å². The van der Waals surface area contributed by atoms with E-state index in [0.29, 0.717) is 12.1 Å². The van der Waals surface area contributed by atoms with Crippen molar-refractivity contribution in [3.05, 3.63) is 59.7 Å². The standard InChI is InChI=1S/C22H29N3O4S/c1-16-11-12-20-18(13-16)19(14-22(2,3)29-20)23-21(26)15-25(30(27,28)24(4)5)17-9-7-6-8-10-17/h6-13,19H,14-15H2,1-5H3,(H,23,26)/t19-/m1/s1. The first-order valence-corrected chi connectivity index (χ1v) is 11.2. The van der Waals surface area contributed by atoms with Crippen LogP contribution in [0.25, 0.3) is 0 Å². The minimum Gasteiger partial charge on any atom is -0.487 e. The monoisotopic (exact) mass is 431 g/mol. The Morgan fingerprint density at radius 2 is 1.83 bits per heavy atom. The normalized spacial score (nSPS) is 17.7. The number of fused-ring (bicyclic) bond motifs is 1. The van der Waals surface area contributed by atoms with E-state index in [1.807, 2.05) is 39.0 Å². The summed E-state index contributed by atoms with van der Waals surface area (Å²) in [4.78, 5) is 13.0. The Morgan fingerprint density at radius 3 is 2.47 bits per heavy atom. The van der Waals surface area contributed by atoms with Crippen LogP contribution in [0.3, 0.4) is 0 Å². The molecule has 1 heterocycles. The second kappa shape index (κ2) is 8.28. The van der Waals surface area contributed by atoms with Crippen LogP contribution in [0.5, 0.6) is 5.75 Å². The van der Waals surface area contributed by atoms with Crippen molar-refractivity contribution in [2.24, 2.45) is 0 Å². The van der Waals surface area contributed by atoms with Gasteiger partial charge in [0.05, 0.1) is 11.7 Å². The van der Waals surface area contributed by atoms with E-state index in [1.54, 1.807) is 30.3 Å². The topological polar surface area (TPSA) is 79.0 Å². The Balaban J connectivity index is 1.87. The number of carbonyl (C=O) groups excluding carboxylic acids is 1. The number of nitrogens with one attached hydrogen (secondary N) is 1. The molecule has 0 unspecified atom stereocenters. The molecule has 0 radical (unpaired) electrons. The highest BCUT2D eigenvalue weighted by Crippen LogP contribution is 2.39. The summed E-state index contributed by atoms with van der Waals surface area (Å²) in [7, 11) is -0.942. The van der Waals surface area contributed by atoms with Gasteiger partial charge in [-0.15, -0.1) is 0 Å². The largest absolute Gasteiger partial charge is 0.487 e. The minimum absolute atomic E-state index is 0.268. The third-order valence-electron chi connectivity index (χ3n) is 5.03. The number of hydrogen-bond acceptors (Lipinski definition) is 4. The molecular formula is C22H29N3O4S. The van der Waals surface area contributed by atoms with Crippen molar-refractivity contribution < 1.29 is 17.9 Å². The van der Waals surface area contributed by atoms with Crippen molar-refractivity contribution in [2.45, 2.75) is 38.8 Å². The summed E-state index contributed by atoms with van der Waals surface area (Å²) in [6.07, 6.45) is 0.584. The second-order valence-corrected chi connectivity index (χ2v) is 10.4. The van der Waals surface area contributed by atoms with Crippen LogP contribution >= 0.6 is 0 Å². The average molecular weight is 432 g/mol. The lowest BCUT2D eigenvalue weighted by molar-refractivity contribution is -0.120. The van der Waals surface area contributed by atoms with E-state index in [4.69, 9.17) is 4.74 Å². The van der Waals surface area contributed by atoms with Crippen LogP contribution in [-0.4, -0.2) is 44.9 Å². The number of amides is 1. The molecule has 1 N–H and O–H groups in total. The molecule has 3 rings (SSSR count). The maximum atomic E-state index is 13.0. The number of para-hydroxylation sites is 1. The number of rotatable bonds is 6. The number of ether oxygens (including phenoxy) is 1. The van der Waals surface area contributed by atoms with Crippen molar-refractivity contribution in [3.8, 4) is 5.75 Å². The number of benzene rings is 2. The maximum absolute atomic E-state index is 13.0. The van der Waals surface area contributed by atoms with Gasteiger partial charge in [0.2, 0.25) is 5.91 Å². The van der Waals surface area contributed by atoms with Gasteiger partial charge in [-0.05, 0) is 39.0 Å². The Kier molecular flexibility index (Phi) is 6.10. The van der Waals surface area contributed by atoms with Crippen LogP contribution in [0.1, 0.15) is 37.4 Å². The van der Waals surface area contributed by atoms with Gasteiger partial charge in [0, 0.05) is 26.1 Å². The molecule has 2 aromatic rings. The molecule has 162 valence electrons. The molecule has 0 fully saturated rings. The van der Waals surface area contributed by atoms with Gasteiger partial charge in [-0.1, -0.05) is 35.9 Å². The zero-order chi connectivity index (χ0) is 22.1. The summed E-state index contributed by atoms with van der Waals surface area (Å²) in [6, 6.07) is 14.2. The molecule has 0 saturated heterocycles. The molecule has 8 heteroatoms. The highest BCUT2D eigenvalue weighted by atomic mass is 32.2. The fraction of sp³-hybridized carbons (Fsp3) is 0.409. The van der Waals surface area contributed by atoms with Crippen LogP contribution in [-0.2, 0) is 15.0 Å². The lowest BCUT2D eigenvalue weighted by Gasteiger charge is -2.38. The highest BCUT2D eigenvalue weighted by molar-refractivity contribution is 7.90. The van der Waals surface area contributed by atoms with E-state index < -0.39 is 15.8 Å². The lowest BCUT2D eigenvalue weighted by atomic mass is 9.89. The number of carbonyl (C=O) groups is 1. The molecular weight excluding hydrogens is 402 g/mol. The first kappa shape index (κ1) is 22.1. The molecule has 0 aliphatic carbocycles. The number of hydrogen-bond donors (Lipinski definition) is 1. The van der Waals surface area contributed by atoms with Crippen molar-refractivity contribution in [1.82, 2.24) is 9.62 Å². The summed E-state index contributed by atoms with van der Waals surface area (Å²) in [6.45, 7) is 5.62. The predicted octanol–water partition coefficient (Wildman–Crippen LogP) is 3.03. The van der Waals surface area contributed by atoms with E-state index in [-0.39, 0.29) is 18.5 Å². The molecule has 1 amide bonds. The molecule has 1 aliphatic rings. The smallest absolute Gasteiger partial charge is 0.304 e. The van der Waals surface area contributed by atoms with Crippen molar-refractivity contribution >= 4 is 21.8 Å². The van der Waals surface area contributed by atoms with E-state index in [9.17, 15) is 13.2 Å². The van der Waals surface area contributed by atoms with Gasteiger partial charge in [-0.3, -0.25) is 4.79 Å². The second-order valence-electron chi connectivity index (χ2n) is 8.36. The van der Waals surface area contributed by atoms with Gasteiger partial charge in [-0.25, -0.2) is 4.31 Å². The first-order chi connectivity index (χ1) is 14.0. The fourth-order valence-corrected chi connectivity index (χ4v) is 4.63. The quantitative estimate of drug-likeness (QED) is 0.763. The van der Waals surface area contributed by atoms with Gasteiger partial charge < -0.3 is 10.1 Å². The number of nitrogens with zero attached hydrogens (tertiary/aromatic N) is 2. The molecule has 1 aliphatic heterocycles. The van der Waals surface area contributed by atoms with Crippen LogP contribution in [0.4, 0.5) is 5.69 Å². The lowest BCUT2D eigenvalue weighted by Crippen LogP contribution is -2.48. The first-order valence-electron chi connectivity index (χ1n) is 9.84. The van der Waals surface area contributed by atoms with Crippen LogP contribution in [0.15, 0.2) is 48.5 Å². The van der Waals surface area contributed by atoms with Gasteiger partial charge in [0.25, 0.3) is 0 Å². The molecule has 0 aromatic heterocycles. The molecule has 0 bridgehead atoms. The Labute approximate surface area is 178 Å². The van der Waals surface area contributed by atoms with Crippen molar-refractivity contribution in [2.75, 3.05) is 24.9 Å². The number of aryl methyl sites for hydroxylation is 1. The van der Waals surface area contributed by atoms with E-state index in [1.165, 1.54) is 14.1 Å². The summed E-state index contributed by atoms with van der Waals surface area (Å²) in [5.74, 6) is 0.363. The maximum Gasteiger partial charge on any atom is 0.304 e. The third kappa shape index (κ3) is 4.76. The van der Waals surface area contributed by atoms with E-state index >= 15 is 0 Å². The Hall–Kier alpha value is -2.58. The van der Waals surface area contributed by atoms with Crippen LogP contribution < -0.4 is 14.4 Å². The molecule has 0 saturated carbocycles. The molecule has 1 atom stereocenters. The fourth-order valence-electron chi connectivity index (χ4n) is 3.57. The summed E-state index contributed by atoms with van der Waals surface area (Å²) < 4.78 is 34.0. The third-order valence-corrected chi connectivity index (χ3v) is 6.85. The summed E-state index contributed by atoms with van der Waals surface area (Å²) in [5, 5.41) is 3.03. The zero-order valence-corrected chi connectivity index (χ0v) is 18.9. The Morgan fingerprint density at radius 1 is 1.17 bits per heavy atom. The SMILES string of the molecule is Cc1ccc2c(c1)[C@H](NC(=O)CN(c1ccccc1)S(=O)(=O)N(C)C)CC(C)(C)O2. The van der Waals surface area contributed by atoms with E-state index in [0.717, 1.165) is 25.5 Å². The van der Waals surface area contributed by atoms with Crippen LogP contribution in [0.2, 0.25) is 0 Å². The Bertz CT molecular complexity index is 1020. The van der Waals surface area contributed by atoms with E-state index in [2.05, 4.69) is 5.32 Å². The highest BCUT2D eigenvalue weighted by Gasteiger charge is 2.35. The van der Waals surface area contributed by atoms with Gasteiger partial charge in [0.15, 0.2) is 0 Å². The predicted molar refractivity (Wildman–Crippen MR) is 118 cm³/mol. The molecule has 0 spiro atoms. The summed E-state index contributed by atoms with van der Waals surface area (Å²) in [5.41, 5.74) is 1.96. The number of anilines is 1. The van der Waals surface area contributed by atoms with Gasteiger partial charge in [0.1, 0.15) is 17.9 Å². The molecule has 30 heavy (non-hydrogen) atoms. The summed E-state index contributed by atoms with van der Waals surface area (Å²) >= 11 is 0.